The fourth-order valence-corrected chi connectivity index (χ4v) is 3.58. The summed E-state index contributed by atoms with van der Waals surface area (Å²) in [5.41, 5.74) is 1.07. The Bertz CT molecular complexity index is 613. The van der Waals surface area contributed by atoms with Crippen LogP contribution in [0.4, 0.5) is 0 Å². The zero-order valence-electron chi connectivity index (χ0n) is 13.6. The van der Waals surface area contributed by atoms with Gasteiger partial charge in [-0.1, -0.05) is 6.07 Å². The van der Waals surface area contributed by atoms with E-state index < -0.39 is 10.0 Å². The van der Waals surface area contributed by atoms with Crippen LogP contribution in [0.5, 0.6) is 0 Å². The summed E-state index contributed by atoms with van der Waals surface area (Å²) in [5, 5.41) is 0. The third-order valence-electron chi connectivity index (χ3n) is 3.81. The van der Waals surface area contributed by atoms with E-state index in [1.165, 1.54) is 0 Å². The molecule has 1 aromatic heterocycles. The Labute approximate surface area is 137 Å². The third kappa shape index (κ3) is 6.25. The molecule has 1 aliphatic heterocycles. The monoisotopic (exact) mass is 340 g/mol. The molecule has 8 heteroatoms. The summed E-state index contributed by atoms with van der Waals surface area (Å²) >= 11 is 0. The molecule has 1 N–H and O–H groups in total. The number of amides is 1. The number of likely N-dealkylation sites (N-methyl/N-ethyl adjacent to an activating group) is 1. The molecule has 0 bridgehead atoms. The van der Waals surface area contributed by atoms with Gasteiger partial charge in [0.2, 0.25) is 15.9 Å². The van der Waals surface area contributed by atoms with Crippen molar-refractivity contribution in [2.45, 2.75) is 25.4 Å². The van der Waals surface area contributed by atoms with Crippen LogP contribution in [0.15, 0.2) is 24.5 Å². The van der Waals surface area contributed by atoms with Gasteiger partial charge in [-0.05, 0) is 31.5 Å². The molecule has 0 unspecified atom stereocenters. The number of pyridine rings is 1. The summed E-state index contributed by atoms with van der Waals surface area (Å²) in [5.74, 6) is 0.0780. The third-order valence-corrected chi connectivity index (χ3v) is 4.57. The highest BCUT2D eigenvalue weighted by Crippen LogP contribution is 2.12. The van der Waals surface area contributed by atoms with Gasteiger partial charge >= 0.3 is 0 Å². The van der Waals surface area contributed by atoms with Crippen molar-refractivity contribution in [2.75, 3.05) is 32.9 Å². The number of nitrogens with zero attached hydrogens (tertiary/aromatic N) is 3. The number of carbonyl (C=O) groups excluding carboxylic acids is 1. The van der Waals surface area contributed by atoms with E-state index in [1.54, 1.807) is 17.3 Å². The Morgan fingerprint density at radius 3 is 2.70 bits per heavy atom. The van der Waals surface area contributed by atoms with Gasteiger partial charge in [0.1, 0.15) is 0 Å². The highest BCUT2D eigenvalue weighted by Gasteiger charge is 2.24. The van der Waals surface area contributed by atoms with E-state index in [1.807, 2.05) is 24.1 Å². The highest BCUT2D eigenvalue weighted by atomic mass is 32.2. The average Bonchev–Trinajstić information content (AvgIpc) is 2.47. The molecule has 1 saturated heterocycles. The fourth-order valence-electron chi connectivity index (χ4n) is 2.74. The molecule has 1 aromatic rings. The van der Waals surface area contributed by atoms with Crippen molar-refractivity contribution in [3.05, 3.63) is 30.1 Å². The largest absolute Gasteiger partial charge is 0.341 e. The van der Waals surface area contributed by atoms with Gasteiger partial charge in [-0.3, -0.25) is 14.7 Å². The summed E-state index contributed by atoms with van der Waals surface area (Å²) in [6, 6.07) is 3.79. The zero-order valence-corrected chi connectivity index (χ0v) is 14.4. The number of hydrogen-bond acceptors (Lipinski definition) is 5. The maximum atomic E-state index is 12.3. The molecule has 2 rings (SSSR count). The van der Waals surface area contributed by atoms with Crippen LogP contribution in [-0.4, -0.2) is 68.1 Å². The molecule has 1 aliphatic rings. The first-order valence-electron chi connectivity index (χ1n) is 7.66. The van der Waals surface area contributed by atoms with Gasteiger partial charge in [0.25, 0.3) is 0 Å². The van der Waals surface area contributed by atoms with E-state index in [2.05, 4.69) is 9.71 Å². The molecular weight excluding hydrogens is 316 g/mol. The summed E-state index contributed by atoms with van der Waals surface area (Å²) in [4.78, 5) is 20.2. The maximum Gasteiger partial charge on any atom is 0.236 e. The molecule has 1 amide bonds. The van der Waals surface area contributed by atoms with Gasteiger partial charge in [0, 0.05) is 38.1 Å². The van der Waals surface area contributed by atoms with Crippen molar-refractivity contribution in [1.29, 1.82) is 0 Å². The fraction of sp³-hybridized carbons (Fsp3) is 0.600. The topological polar surface area (TPSA) is 82.6 Å². The van der Waals surface area contributed by atoms with Crippen LogP contribution in [0, 0.1) is 0 Å². The van der Waals surface area contributed by atoms with Crippen molar-refractivity contribution in [3.8, 4) is 0 Å². The molecule has 0 aliphatic carbocycles. The molecule has 0 aromatic carbocycles. The SMILES string of the molecule is CN(CC(=O)N1CCC(NS(C)(=O)=O)CC1)Cc1cccnc1. The van der Waals surface area contributed by atoms with Gasteiger partial charge in [0.15, 0.2) is 0 Å². The van der Waals surface area contributed by atoms with Crippen LogP contribution in [0.25, 0.3) is 0 Å². The van der Waals surface area contributed by atoms with Crippen LogP contribution < -0.4 is 4.72 Å². The quantitative estimate of drug-likeness (QED) is 0.791. The average molecular weight is 340 g/mol. The molecule has 0 spiro atoms. The number of likely N-dealkylation sites (tertiary alicyclic amines) is 1. The Balaban J connectivity index is 1.76. The Morgan fingerprint density at radius 1 is 1.43 bits per heavy atom. The van der Waals surface area contributed by atoms with E-state index in [0.29, 0.717) is 39.0 Å². The van der Waals surface area contributed by atoms with Crippen molar-refractivity contribution in [2.24, 2.45) is 0 Å². The van der Waals surface area contributed by atoms with Crippen molar-refractivity contribution in [3.63, 3.8) is 0 Å². The molecule has 0 atom stereocenters. The minimum atomic E-state index is -3.18. The smallest absolute Gasteiger partial charge is 0.236 e. The number of sulfonamides is 1. The van der Waals surface area contributed by atoms with Crippen molar-refractivity contribution >= 4 is 15.9 Å². The number of rotatable bonds is 6. The van der Waals surface area contributed by atoms with E-state index in [-0.39, 0.29) is 11.9 Å². The Kier molecular flexibility index (Phi) is 6.09. The van der Waals surface area contributed by atoms with Gasteiger partial charge in [-0.2, -0.15) is 0 Å². The van der Waals surface area contributed by atoms with Gasteiger partial charge in [-0.25, -0.2) is 13.1 Å². The van der Waals surface area contributed by atoms with Gasteiger partial charge < -0.3 is 4.90 Å². The normalized spacial score (nSPS) is 16.7. The minimum absolute atomic E-state index is 0.0674. The van der Waals surface area contributed by atoms with Crippen LogP contribution in [0.1, 0.15) is 18.4 Å². The van der Waals surface area contributed by atoms with Crippen LogP contribution in [0.3, 0.4) is 0 Å². The van der Waals surface area contributed by atoms with Crippen LogP contribution in [-0.2, 0) is 21.4 Å². The first-order chi connectivity index (χ1) is 10.8. The lowest BCUT2D eigenvalue weighted by molar-refractivity contribution is -0.133. The first kappa shape index (κ1) is 17.8. The second kappa shape index (κ2) is 7.85. The van der Waals surface area contributed by atoms with Crippen LogP contribution in [0.2, 0.25) is 0 Å². The highest BCUT2D eigenvalue weighted by molar-refractivity contribution is 7.88. The van der Waals surface area contributed by atoms with E-state index in [4.69, 9.17) is 0 Å². The second-order valence-electron chi connectivity index (χ2n) is 6.08. The van der Waals surface area contributed by atoms with E-state index >= 15 is 0 Å². The lowest BCUT2D eigenvalue weighted by atomic mass is 10.1. The number of piperidine rings is 1. The lowest BCUT2D eigenvalue weighted by Crippen LogP contribution is -2.48. The standard InChI is InChI=1S/C15H24N4O3S/c1-18(11-13-4-3-7-16-10-13)12-15(20)19-8-5-14(6-9-19)17-23(2,21)22/h3-4,7,10,14,17H,5-6,8-9,11-12H2,1-2H3. The molecule has 1 fully saturated rings. The number of carbonyl (C=O) groups is 1. The second-order valence-corrected chi connectivity index (χ2v) is 7.86. The van der Waals surface area contributed by atoms with Crippen molar-refractivity contribution < 1.29 is 13.2 Å². The maximum absolute atomic E-state index is 12.3. The van der Waals surface area contributed by atoms with Gasteiger partial charge in [0.05, 0.1) is 12.8 Å². The number of nitrogens with one attached hydrogen (secondary N) is 1. The Morgan fingerprint density at radius 2 is 2.13 bits per heavy atom. The minimum Gasteiger partial charge on any atom is -0.341 e. The van der Waals surface area contributed by atoms with Crippen molar-refractivity contribution in [1.82, 2.24) is 19.5 Å². The Hall–Kier alpha value is -1.51. The predicted molar refractivity (Wildman–Crippen MR) is 88.2 cm³/mol. The predicted octanol–water partition coefficient (Wildman–Crippen LogP) is 0.0536. The molecule has 0 saturated carbocycles. The zero-order chi connectivity index (χ0) is 16.9. The van der Waals surface area contributed by atoms with E-state index in [9.17, 15) is 13.2 Å². The van der Waals surface area contributed by atoms with Gasteiger partial charge in [-0.15, -0.1) is 0 Å². The molecule has 128 valence electrons. The van der Waals surface area contributed by atoms with E-state index in [0.717, 1.165) is 11.8 Å². The molecular formula is C15H24N4O3S. The molecule has 7 nitrogen and oxygen atoms in total. The summed E-state index contributed by atoms with van der Waals surface area (Å²) in [6.45, 7) is 2.20. The number of aromatic nitrogens is 1. The summed E-state index contributed by atoms with van der Waals surface area (Å²) in [7, 11) is -1.28. The summed E-state index contributed by atoms with van der Waals surface area (Å²) in [6.07, 6.45) is 6.00. The van der Waals surface area contributed by atoms with Crippen LogP contribution >= 0.6 is 0 Å². The molecule has 0 radical (unpaired) electrons. The molecule has 23 heavy (non-hydrogen) atoms. The lowest BCUT2D eigenvalue weighted by Gasteiger charge is -2.33. The first-order valence-corrected chi connectivity index (χ1v) is 9.55. The summed E-state index contributed by atoms with van der Waals surface area (Å²) < 4.78 is 25.1. The number of hydrogen-bond donors (Lipinski definition) is 1. The molecule has 2 heterocycles.